The van der Waals surface area contributed by atoms with Crippen molar-refractivity contribution in [1.29, 1.82) is 0 Å². The van der Waals surface area contributed by atoms with Crippen LogP contribution in [0.1, 0.15) is 20.3 Å². The highest BCUT2D eigenvalue weighted by Gasteiger charge is 2.13. The van der Waals surface area contributed by atoms with Crippen molar-refractivity contribution in [3.8, 4) is 5.75 Å². The van der Waals surface area contributed by atoms with E-state index >= 15 is 0 Å². The smallest absolute Gasteiger partial charge is 0.319 e. The van der Waals surface area contributed by atoms with Crippen molar-refractivity contribution in [3.63, 3.8) is 0 Å². The maximum atomic E-state index is 13.6. The van der Waals surface area contributed by atoms with E-state index in [2.05, 4.69) is 15.4 Å². The Morgan fingerprint density at radius 1 is 1.33 bits per heavy atom. The Balaban J connectivity index is 2.57. The molecule has 2 unspecified atom stereocenters. The standard InChI is InChI=1S/C14H20F2N2O3/c1-8(4-9(2)19)7-17-14(20)18-12-5-11(16)13(21-3)6-10(12)15/h5-6,8-9,19H,4,7H2,1-3H3,(H2,17,18,20). The number of methoxy groups -OCH3 is 1. The molecule has 1 aromatic carbocycles. The Labute approximate surface area is 122 Å². The molecule has 0 aliphatic carbocycles. The van der Waals surface area contributed by atoms with Gasteiger partial charge in [0.2, 0.25) is 0 Å². The normalized spacial score (nSPS) is 13.4. The number of benzene rings is 1. The minimum absolute atomic E-state index is 0.0631. The summed E-state index contributed by atoms with van der Waals surface area (Å²) in [5.74, 6) is -1.73. The lowest BCUT2D eigenvalue weighted by atomic mass is 10.1. The first-order valence-corrected chi connectivity index (χ1v) is 6.59. The topological polar surface area (TPSA) is 70.6 Å². The molecule has 1 rings (SSSR count). The van der Waals surface area contributed by atoms with Gasteiger partial charge in [-0.3, -0.25) is 0 Å². The van der Waals surface area contributed by atoms with Gasteiger partial charge in [-0.1, -0.05) is 6.92 Å². The molecule has 3 N–H and O–H groups in total. The molecule has 0 aliphatic rings. The van der Waals surface area contributed by atoms with Crippen LogP contribution in [0.3, 0.4) is 0 Å². The summed E-state index contributed by atoms with van der Waals surface area (Å²) in [7, 11) is 1.22. The number of halogens is 2. The molecule has 5 nitrogen and oxygen atoms in total. The van der Waals surface area contributed by atoms with Gasteiger partial charge in [0.15, 0.2) is 17.4 Å². The van der Waals surface area contributed by atoms with Gasteiger partial charge in [0, 0.05) is 18.7 Å². The van der Waals surface area contributed by atoms with Crippen LogP contribution in [-0.4, -0.2) is 30.9 Å². The minimum Gasteiger partial charge on any atom is -0.494 e. The molecule has 118 valence electrons. The number of hydrogen-bond donors (Lipinski definition) is 3. The molecule has 0 spiro atoms. The maximum absolute atomic E-state index is 13.6. The minimum atomic E-state index is -0.791. The number of carbonyl (C=O) groups excluding carboxylic acids is 1. The van der Waals surface area contributed by atoms with Crippen LogP contribution >= 0.6 is 0 Å². The summed E-state index contributed by atoms with van der Waals surface area (Å²) in [4.78, 5) is 11.6. The van der Waals surface area contributed by atoms with E-state index < -0.39 is 23.8 Å². The summed E-state index contributed by atoms with van der Waals surface area (Å²) in [5.41, 5.74) is -0.269. The first kappa shape index (κ1) is 17.2. The summed E-state index contributed by atoms with van der Waals surface area (Å²) in [6.07, 6.45) is 0.0733. The number of amides is 2. The van der Waals surface area contributed by atoms with E-state index in [-0.39, 0.29) is 17.4 Å². The van der Waals surface area contributed by atoms with Crippen LogP contribution in [0, 0.1) is 17.6 Å². The summed E-state index contributed by atoms with van der Waals surface area (Å²) < 4.78 is 31.7. The summed E-state index contributed by atoms with van der Waals surface area (Å²) in [5, 5.41) is 14.0. The predicted molar refractivity (Wildman–Crippen MR) is 75.4 cm³/mol. The van der Waals surface area contributed by atoms with E-state index in [9.17, 15) is 18.7 Å². The van der Waals surface area contributed by atoms with E-state index in [0.717, 1.165) is 12.1 Å². The van der Waals surface area contributed by atoms with Crippen molar-refractivity contribution in [2.24, 2.45) is 5.92 Å². The van der Waals surface area contributed by atoms with Crippen molar-refractivity contribution in [2.45, 2.75) is 26.4 Å². The van der Waals surface area contributed by atoms with Crippen LogP contribution in [-0.2, 0) is 0 Å². The van der Waals surface area contributed by atoms with Gasteiger partial charge in [0.25, 0.3) is 0 Å². The van der Waals surface area contributed by atoms with Gasteiger partial charge < -0.3 is 20.5 Å². The molecule has 0 fully saturated rings. The molecule has 7 heteroatoms. The average Bonchev–Trinajstić information content (AvgIpc) is 2.39. The number of aliphatic hydroxyl groups is 1. The van der Waals surface area contributed by atoms with Crippen molar-refractivity contribution in [3.05, 3.63) is 23.8 Å². The largest absolute Gasteiger partial charge is 0.494 e. The Kier molecular flexibility index (Phi) is 6.36. The monoisotopic (exact) mass is 302 g/mol. The predicted octanol–water partition coefficient (Wildman–Crippen LogP) is 2.50. The zero-order chi connectivity index (χ0) is 16.0. The van der Waals surface area contributed by atoms with Crippen LogP contribution in [0.5, 0.6) is 5.75 Å². The zero-order valence-electron chi connectivity index (χ0n) is 12.2. The lowest BCUT2D eigenvalue weighted by Crippen LogP contribution is -2.33. The van der Waals surface area contributed by atoms with Gasteiger partial charge in [-0.2, -0.15) is 0 Å². The van der Waals surface area contributed by atoms with Crippen LogP contribution < -0.4 is 15.4 Å². The fraction of sp³-hybridized carbons (Fsp3) is 0.500. The molecule has 1 aromatic rings. The molecular formula is C14H20F2N2O3. The fourth-order valence-corrected chi connectivity index (χ4v) is 1.88. The highest BCUT2D eigenvalue weighted by atomic mass is 19.1. The summed E-state index contributed by atoms with van der Waals surface area (Å²) >= 11 is 0. The van der Waals surface area contributed by atoms with E-state index in [1.165, 1.54) is 7.11 Å². The molecule has 2 amide bonds. The van der Waals surface area contributed by atoms with E-state index in [1.54, 1.807) is 6.92 Å². The number of carbonyl (C=O) groups is 1. The first-order valence-electron chi connectivity index (χ1n) is 6.59. The Hall–Kier alpha value is -1.89. The summed E-state index contributed by atoms with van der Waals surface area (Å²) in [6.45, 7) is 3.84. The van der Waals surface area contributed by atoms with Crippen LogP contribution in [0.25, 0.3) is 0 Å². The summed E-state index contributed by atoms with van der Waals surface area (Å²) in [6, 6.07) is 1.07. The van der Waals surface area contributed by atoms with Gasteiger partial charge in [0.05, 0.1) is 18.9 Å². The van der Waals surface area contributed by atoms with Gasteiger partial charge in [-0.25, -0.2) is 13.6 Å². The molecule has 2 atom stereocenters. The maximum Gasteiger partial charge on any atom is 0.319 e. The number of nitrogens with one attached hydrogen (secondary N) is 2. The highest BCUT2D eigenvalue weighted by Crippen LogP contribution is 2.24. The van der Waals surface area contributed by atoms with E-state index in [0.29, 0.717) is 13.0 Å². The van der Waals surface area contributed by atoms with Crippen molar-refractivity contribution in [1.82, 2.24) is 5.32 Å². The molecule has 0 radical (unpaired) electrons. The Bertz CT molecular complexity index is 495. The second-order valence-electron chi connectivity index (χ2n) is 4.99. The van der Waals surface area contributed by atoms with Gasteiger partial charge in [-0.15, -0.1) is 0 Å². The van der Waals surface area contributed by atoms with Gasteiger partial charge >= 0.3 is 6.03 Å². The fourth-order valence-electron chi connectivity index (χ4n) is 1.88. The lowest BCUT2D eigenvalue weighted by molar-refractivity contribution is 0.163. The third-order valence-corrected chi connectivity index (χ3v) is 2.84. The quantitative estimate of drug-likeness (QED) is 0.756. The number of ether oxygens (including phenoxy) is 1. The zero-order valence-corrected chi connectivity index (χ0v) is 12.2. The second-order valence-corrected chi connectivity index (χ2v) is 4.99. The van der Waals surface area contributed by atoms with Crippen molar-refractivity contribution in [2.75, 3.05) is 19.0 Å². The molecule has 0 aliphatic heterocycles. The Morgan fingerprint density at radius 3 is 2.57 bits per heavy atom. The molecule has 21 heavy (non-hydrogen) atoms. The lowest BCUT2D eigenvalue weighted by Gasteiger charge is -2.15. The van der Waals surface area contributed by atoms with Gasteiger partial charge in [-0.05, 0) is 19.3 Å². The van der Waals surface area contributed by atoms with Crippen LogP contribution in [0.15, 0.2) is 12.1 Å². The second kappa shape index (κ2) is 7.78. The highest BCUT2D eigenvalue weighted by molar-refractivity contribution is 5.89. The van der Waals surface area contributed by atoms with Crippen molar-refractivity contribution < 1.29 is 23.4 Å². The molecule has 0 aromatic heterocycles. The number of hydrogen-bond acceptors (Lipinski definition) is 3. The third-order valence-electron chi connectivity index (χ3n) is 2.84. The molecule has 0 bridgehead atoms. The SMILES string of the molecule is COc1cc(F)c(NC(=O)NCC(C)CC(C)O)cc1F. The van der Waals surface area contributed by atoms with E-state index in [1.807, 2.05) is 6.92 Å². The van der Waals surface area contributed by atoms with Gasteiger partial charge in [0.1, 0.15) is 0 Å². The average molecular weight is 302 g/mol. The number of urea groups is 1. The van der Waals surface area contributed by atoms with Crippen LogP contribution in [0.2, 0.25) is 0 Å². The molecule has 0 heterocycles. The molecule has 0 saturated heterocycles. The Morgan fingerprint density at radius 2 is 2.00 bits per heavy atom. The number of anilines is 1. The molecule has 0 saturated carbocycles. The number of aliphatic hydroxyl groups excluding tert-OH is 1. The third kappa shape index (κ3) is 5.55. The first-order chi connectivity index (χ1) is 9.83. The van der Waals surface area contributed by atoms with Crippen molar-refractivity contribution >= 4 is 11.7 Å². The van der Waals surface area contributed by atoms with E-state index in [4.69, 9.17) is 0 Å². The molecular weight excluding hydrogens is 282 g/mol. The van der Waals surface area contributed by atoms with Crippen LogP contribution in [0.4, 0.5) is 19.3 Å². The number of rotatable bonds is 6.